The lowest BCUT2D eigenvalue weighted by atomic mass is 10.1. The van der Waals surface area contributed by atoms with Crippen LogP contribution in [0.25, 0.3) is 21.7 Å². The van der Waals surface area contributed by atoms with Gasteiger partial charge in [0.1, 0.15) is 5.75 Å². The predicted molar refractivity (Wildman–Crippen MR) is 159 cm³/mol. The summed E-state index contributed by atoms with van der Waals surface area (Å²) < 4.78 is 30.4. The zero-order valence-electron chi connectivity index (χ0n) is 22.3. The highest BCUT2D eigenvalue weighted by Gasteiger charge is 2.30. The van der Waals surface area contributed by atoms with Crippen LogP contribution in [0.15, 0.2) is 89.8 Å². The van der Waals surface area contributed by atoms with E-state index in [1.165, 1.54) is 4.31 Å². The summed E-state index contributed by atoms with van der Waals surface area (Å²) in [5.74, 6) is 0.122. The molecule has 7 nitrogen and oxygen atoms in total. The summed E-state index contributed by atoms with van der Waals surface area (Å²) in [4.78, 5) is 6.94. The number of aromatic nitrogens is 1. The molecule has 0 saturated carbocycles. The van der Waals surface area contributed by atoms with E-state index in [0.717, 1.165) is 23.9 Å². The first-order chi connectivity index (χ1) is 18.7. The number of nitrogen functional groups attached to an aromatic ring is 1. The number of pyridine rings is 1. The fourth-order valence-electron chi connectivity index (χ4n) is 4.88. The van der Waals surface area contributed by atoms with E-state index in [9.17, 15) is 13.5 Å². The van der Waals surface area contributed by atoms with E-state index >= 15 is 0 Å². The van der Waals surface area contributed by atoms with Gasteiger partial charge in [0.05, 0.1) is 21.8 Å². The second-order valence-corrected chi connectivity index (χ2v) is 11.4. The lowest BCUT2D eigenvalue weighted by Crippen LogP contribution is -2.27. The fraction of sp³-hybridized carbons (Fsp3) is 0.194. The molecule has 0 spiro atoms. The predicted octanol–water partition coefficient (Wildman–Crippen LogP) is 6.35. The van der Waals surface area contributed by atoms with Crippen LogP contribution >= 0.6 is 0 Å². The van der Waals surface area contributed by atoms with Crippen molar-refractivity contribution < 1.29 is 13.5 Å². The van der Waals surface area contributed by atoms with Gasteiger partial charge in [-0.25, -0.2) is 12.7 Å². The summed E-state index contributed by atoms with van der Waals surface area (Å²) in [5, 5.41) is 13.1. The average molecular weight is 541 g/mol. The van der Waals surface area contributed by atoms with E-state index in [1.807, 2.05) is 37.3 Å². The number of benzene rings is 4. The number of nitrogens with two attached hydrogens (primary N) is 1. The highest BCUT2D eigenvalue weighted by atomic mass is 32.2. The second-order valence-electron chi connectivity index (χ2n) is 9.61. The Hall–Kier alpha value is -4.14. The Balaban J connectivity index is 1.77. The molecule has 0 radical (unpaired) electrons. The van der Waals surface area contributed by atoms with E-state index in [4.69, 9.17) is 5.73 Å². The summed E-state index contributed by atoms with van der Waals surface area (Å²) >= 11 is 0. The number of aryl methyl sites for hydroxylation is 1. The molecule has 0 unspecified atom stereocenters. The van der Waals surface area contributed by atoms with Crippen LogP contribution < -0.4 is 10.0 Å². The maximum atomic E-state index is 14.5. The number of fused-ring (bicyclic) bond motifs is 2. The molecular weight excluding hydrogens is 508 g/mol. The van der Waals surface area contributed by atoms with Gasteiger partial charge in [-0.15, -0.1) is 0 Å². The lowest BCUT2D eigenvalue weighted by Gasteiger charge is -2.27. The van der Waals surface area contributed by atoms with Crippen molar-refractivity contribution in [1.82, 2.24) is 9.88 Å². The molecule has 0 aliphatic carbocycles. The molecule has 0 aliphatic rings. The molecule has 4 aromatic carbocycles. The Morgan fingerprint density at radius 3 is 2.36 bits per heavy atom. The van der Waals surface area contributed by atoms with E-state index < -0.39 is 10.0 Å². The van der Waals surface area contributed by atoms with E-state index in [-0.39, 0.29) is 10.6 Å². The first kappa shape index (κ1) is 26.5. The van der Waals surface area contributed by atoms with Gasteiger partial charge < -0.3 is 10.8 Å². The molecule has 0 bridgehead atoms. The van der Waals surface area contributed by atoms with Crippen LogP contribution in [0.1, 0.15) is 25.1 Å². The third-order valence-corrected chi connectivity index (χ3v) is 8.74. The van der Waals surface area contributed by atoms with Crippen molar-refractivity contribution in [2.75, 3.05) is 23.1 Å². The quantitative estimate of drug-likeness (QED) is 0.222. The minimum absolute atomic E-state index is 0.122. The molecular formula is C31H32N4O3S. The van der Waals surface area contributed by atoms with Crippen molar-refractivity contribution in [2.45, 2.75) is 32.2 Å². The summed E-state index contributed by atoms with van der Waals surface area (Å²) in [7, 11) is -4.11. The third kappa shape index (κ3) is 5.13. The van der Waals surface area contributed by atoms with Crippen molar-refractivity contribution in [3.05, 3.63) is 96.2 Å². The van der Waals surface area contributed by atoms with Crippen LogP contribution in [-0.4, -0.2) is 36.5 Å². The minimum Gasteiger partial charge on any atom is -0.508 e. The van der Waals surface area contributed by atoms with E-state index in [1.54, 1.807) is 54.6 Å². The Bertz CT molecular complexity index is 1780. The first-order valence-electron chi connectivity index (χ1n) is 13.0. The van der Waals surface area contributed by atoms with Crippen LogP contribution in [0.2, 0.25) is 0 Å². The Labute approximate surface area is 229 Å². The summed E-state index contributed by atoms with van der Waals surface area (Å²) in [6.07, 6.45) is 0. The average Bonchev–Trinajstić information content (AvgIpc) is 2.92. The first-order valence-corrected chi connectivity index (χ1v) is 14.4. The zero-order valence-corrected chi connectivity index (χ0v) is 23.1. The molecule has 0 aliphatic heterocycles. The standard InChI is InChI=1S/C31H32N4O3S/c1-4-34(5-2)20-24-17-26(12-15-31(24)36)35(30-16-21(3)33-29-19-25(32)11-14-28(29)30)39(37,38)27-13-10-22-8-6-7-9-23(22)18-27/h6-19,36H,4-5,20,32H2,1-3H3. The SMILES string of the molecule is CCN(CC)Cc1cc(N(c2cc(C)nc3cc(N)ccc23)S(=O)(=O)c2ccc3ccccc3c2)ccc1O. The van der Waals surface area contributed by atoms with Crippen molar-refractivity contribution in [1.29, 1.82) is 0 Å². The number of hydrogen-bond acceptors (Lipinski definition) is 6. The van der Waals surface area contributed by atoms with Crippen LogP contribution in [0.3, 0.4) is 0 Å². The lowest BCUT2D eigenvalue weighted by molar-refractivity contribution is 0.291. The Kier molecular flexibility index (Phi) is 7.16. The number of rotatable bonds is 8. The van der Waals surface area contributed by atoms with Crippen LogP contribution in [0, 0.1) is 6.92 Å². The normalized spacial score (nSPS) is 11.9. The highest BCUT2D eigenvalue weighted by Crippen LogP contribution is 2.39. The van der Waals surface area contributed by atoms with Gasteiger partial charge in [-0.3, -0.25) is 9.88 Å². The summed E-state index contributed by atoms with van der Waals surface area (Å²) in [5.41, 5.74) is 9.38. The molecule has 39 heavy (non-hydrogen) atoms. The molecule has 1 heterocycles. The molecule has 0 atom stereocenters. The topological polar surface area (TPSA) is 99.8 Å². The number of aromatic hydroxyl groups is 1. The van der Waals surface area contributed by atoms with Crippen molar-refractivity contribution >= 4 is 48.8 Å². The summed E-state index contributed by atoms with van der Waals surface area (Å²) in [6, 6.07) is 24.8. The molecule has 200 valence electrons. The summed E-state index contributed by atoms with van der Waals surface area (Å²) in [6.45, 7) is 8.03. The number of anilines is 3. The number of phenols is 1. The maximum absolute atomic E-state index is 14.5. The molecule has 1 aromatic heterocycles. The Morgan fingerprint density at radius 2 is 1.62 bits per heavy atom. The van der Waals surface area contributed by atoms with E-state index in [2.05, 4.69) is 23.7 Å². The molecule has 8 heteroatoms. The molecule has 5 rings (SSSR count). The van der Waals surface area contributed by atoms with E-state index in [0.29, 0.717) is 45.8 Å². The van der Waals surface area contributed by atoms with Crippen molar-refractivity contribution in [2.24, 2.45) is 0 Å². The van der Waals surface area contributed by atoms with Crippen molar-refractivity contribution in [3.63, 3.8) is 0 Å². The molecule has 0 amide bonds. The smallest absolute Gasteiger partial charge is 0.268 e. The number of sulfonamides is 1. The Morgan fingerprint density at radius 1 is 0.872 bits per heavy atom. The number of phenolic OH excluding ortho intramolecular Hbond substituents is 1. The molecule has 0 saturated heterocycles. The van der Waals surface area contributed by atoms with Gasteiger partial charge in [-0.1, -0.05) is 44.2 Å². The van der Waals surface area contributed by atoms with Gasteiger partial charge in [-0.2, -0.15) is 0 Å². The van der Waals surface area contributed by atoms with Gasteiger partial charge in [0, 0.05) is 28.9 Å². The van der Waals surface area contributed by atoms with Gasteiger partial charge in [0.2, 0.25) is 0 Å². The van der Waals surface area contributed by atoms with Gasteiger partial charge in [-0.05, 0) is 85.4 Å². The van der Waals surface area contributed by atoms with Crippen LogP contribution in [0.4, 0.5) is 17.1 Å². The molecule has 0 fully saturated rings. The van der Waals surface area contributed by atoms with Gasteiger partial charge in [0.15, 0.2) is 0 Å². The third-order valence-electron chi connectivity index (χ3n) is 7.00. The maximum Gasteiger partial charge on any atom is 0.268 e. The largest absolute Gasteiger partial charge is 0.508 e. The number of nitrogens with zero attached hydrogens (tertiary/aromatic N) is 3. The highest BCUT2D eigenvalue weighted by molar-refractivity contribution is 7.93. The van der Waals surface area contributed by atoms with Crippen molar-refractivity contribution in [3.8, 4) is 5.75 Å². The fourth-order valence-corrected chi connectivity index (χ4v) is 6.41. The van der Waals surface area contributed by atoms with Gasteiger partial charge in [0.25, 0.3) is 10.0 Å². The van der Waals surface area contributed by atoms with Crippen LogP contribution in [-0.2, 0) is 16.6 Å². The molecule has 5 aromatic rings. The molecule has 3 N–H and O–H groups in total. The zero-order chi connectivity index (χ0) is 27.7. The number of hydrogen-bond donors (Lipinski definition) is 2. The van der Waals surface area contributed by atoms with Crippen LogP contribution in [0.5, 0.6) is 5.75 Å². The van der Waals surface area contributed by atoms with Gasteiger partial charge >= 0.3 is 0 Å². The monoisotopic (exact) mass is 540 g/mol. The minimum atomic E-state index is -4.11. The second kappa shape index (κ2) is 10.6.